The SMILES string of the molecule is CN(C)C(=O)[C@@H](CCO)N1CCNCCC1=O.Cl. The minimum atomic E-state index is -0.539. The van der Waals surface area contributed by atoms with Crippen molar-refractivity contribution < 1.29 is 14.7 Å². The van der Waals surface area contributed by atoms with Crippen LogP contribution in [0.4, 0.5) is 0 Å². The van der Waals surface area contributed by atoms with Crippen LogP contribution >= 0.6 is 12.4 Å². The van der Waals surface area contributed by atoms with Gasteiger partial charge >= 0.3 is 0 Å². The van der Waals surface area contributed by atoms with Crippen LogP contribution in [-0.2, 0) is 9.59 Å². The zero-order valence-electron chi connectivity index (χ0n) is 10.9. The highest BCUT2D eigenvalue weighted by molar-refractivity contribution is 5.87. The summed E-state index contributed by atoms with van der Waals surface area (Å²) < 4.78 is 0. The monoisotopic (exact) mass is 279 g/mol. The Bertz CT molecular complexity index is 287. The first-order valence-electron chi connectivity index (χ1n) is 5.90. The number of aliphatic hydroxyl groups is 1. The second kappa shape index (κ2) is 8.29. The molecule has 1 atom stereocenters. The van der Waals surface area contributed by atoms with Crippen LogP contribution < -0.4 is 5.32 Å². The molecule has 0 bridgehead atoms. The first-order valence-corrected chi connectivity index (χ1v) is 5.90. The van der Waals surface area contributed by atoms with Gasteiger partial charge in [0.05, 0.1) is 0 Å². The molecule has 1 heterocycles. The van der Waals surface area contributed by atoms with Gasteiger partial charge in [-0.1, -0.05) is 0 Å². The molecule has 1 aliphatic heterocycles. The maximum Gasteiger partial charge on any atom is 0.244 e. The lowest BCUT2D eigenvalue weighted by Gasteiger charge is -2.31. The van der Waals surface area contributed by atoms with Crippen molar-refractivity contribution in [3.8, 4) is 0 Å². The number of amides is 2. The first kappa shape index (κ1) is 17.2. The van der Waals surface area contributed by atoms with Crippen LogP contribution in [0.25, 0.3) is 0 Å². The summed E-state index contributed by atoms with van der Waals surface area (Å²) in [6, 6.07) is -0.539. The van der Waals surface area contributed by atoms with Crippen LogP contribution in [-0.4, -0.2) is 73.1 Å². The lowest BCUT2D eigenvalue weighted by atomic mass is 10.1. The average molecular weight is 280 g/mol. The fourth-order valence-corrected chi connectivity index (χ4v) is 1.95. The number of hydrogen-bond donors (Lipinski definition) is 2. The Morgan fingerprint density at radius 3 is 2.72 bits per heavy atom. The fourth-order valence-electron chi connectivity index (χ4n) is 1.95. The Morgan fingerprint density at radius 2 is 2.17 bits per heavy atom. The van der Waals surface area contributed by atoms with E-state index in [9.17, 15) is 9.59 Å². The summed E-state index contributed by atoms with van der Waals surface area (Å²) in [5, 5.41) is 12.2. The molecule has 2 N–H and O–H groups in total. The molecule has 2 amide bonds. The van der Waals surface area contributed by atoms with E-state index in [-0.39, 0.29) is 30.8 Å². The smallest absolute Gasteiger partial charge is 0.244 e. The highest BCUT2D eigenvalue weighted by Gasteiger charge is 2.30. The molecule has 0 aliphatic carbocycles. The molecule has 6 nitrogen and oxygen atoms in total. The molecular formula is C11H22ClN3O3. The van der Waals surface area contributed by atoms with E-state index < -0.39 is 6.04 Å². The van der Waals surface area contributed by atoms with E-state index in [0.29, 0.717) is 32.5 Å². The van der Waals surface area contributed by atoms with Crippen molar-refractivity contribution in [1.29, 1.82) is 0 Å². The molecule has 1 aliphatic rings. The lowest BCUT2D eigenvalue weighted by molar-refractivity contribution is -0.144. The molecule has 0 aromatic heterocycles. The van der Waals surface area contributed by atoms with Gasteiger partial charge < -0.3 is 20.2 Å². The van der Waals surface area contributed by atoms with Crippen LogP contribution in [0.2, 0.25) is 0 Å². The Morgan fingerprint density at radius 1 is 1.50 bits per heavy atom. The van der Waals surface area contributed by atoms with Gasteiger partial charge in [-0.3, -0.25) is 9.59 Å². The van der Waals surface area contributed by atoms with Crippen molar-refractivity contribution in [1.82, 2.24) is 15.1 Å². The molecule has 1 rings (SSSR count). The van der Waals surface area contributed by atoms with Gasteiger partial charge in [-0.05, 0) is 6.42 Å². The molecule has 1 fully saturated rings. The predicted molar refractivity (Wildman–Crippen MR) is 70.6 cm³/mol. The van der Waals surface area contributed by atoms with Gasteiger partial charge in [0.15, 0.2) is 0 Å². The molecular weight excluding hydrogens is 258 g/mol. The minimum absolute atomic E-state index is 0. The Labute approximate surface area is 114 Å². The van der Waals surface area contributed by atoms with Gasteiger partial charge in [-0.15, -0.1) is 12.4 Å². The molecule has 0 aromatic carbocycles. The Balaban J connectivity index is 0.00000289. The van der Waals surface area contributed by atoms with E-state index in [4.69, 9.17) is 5.11 Å². The van der Waals surface area contributed by atoms with E-state index in [1.54, 1.807) is 19.0 Å². The summed E-state index contributed by atoms with van der Waals surface area (Å²) in [4.78, 5) is 26.9. The van der Waals surface area contributed by atoms with Crippen LogP contribution in [0.5, 0.6) is 0 Å². The molecule has 106 valence electrons. The standard InChI is InChI=1S/C11H21N3O3.ClH/c1-13(2)11(17)9(4-8-15)14-7-6-12-5-3-10(14)16;/h9,12,15H,3-8H2,1-2H3;1H/t9-;/m1./s1. The highest BCUT2D eigenvalue weighted by atomic mass is 35.5. The number of carbonyl (C=O) groups excluding carboxylic acids is 2. The number of halogens is 1. The van der Waals surface area contributed by atoms with E-state index in [2.05, 4.69) is 5.32 Å². The Kier molecular flexibility index (Phi) is 7.90. The van der Waals surface area contributed by atoms with Crippen molar-refractivity contribution in [2.45, 2.75) is 18.9 Å². The topological polar surface area (TPSA) is 72.9 Å². The Hall–Kier alpha value is -0.850. The second-order valence-corrected chi connectivity index (χ2v) is 4.35. The average Bonchev–Trinajstić information content (AvgIpc) is 2.50. The number of likely N-dealkylation sites (N-methyl/N-ethyl adjacent to an activating group) is 1. The largest absolute Gasteiger partial charge is 0.396 e. The molecule has 0 aromatic rings. The van der Waals surface area contributed by atoms with E-state index >= 15 is 0 Å². The zero-order chi connectivity index (χ0) is 12.8. The maximum atomic E-state index is 12.0. The third-order valence-electron chi connectivity index (χ3n) is 2.87. The van der Waals surface area contributed by atoms with Crippen molar-refractivity contribution in [2.24, 2.45) is 0 Å². The third-order valence-corrected chi connectivity index (χ3v) is 2.87. The van der Waals surface area contributed by atoms with E-state index in [1.165, 1.54) is 4.90 Å². The molecule has 18 heavy (non-hydrogen) atoms. The third kappa shape index (κ3) is 4.44. The summed E-state index contributed by atoms with van der Waals surface area (Å²) >= 11 is 0. The second-order valence-electron chi connectivity index (χ2n) is 4.35. The molecule has 0 radical (unpaired) electrons. The predicted octanol–water partition coefficient (Wildman–Crippen LogP) is -0.931. The van der Waals surface area contributed by atoms with Gasteiger partial charge in [0.25, 0.3) is 0 Å². The van der Waals surface area contributed by atoms with Gasteiger partial charge in [0, 0.05) is 46.8 Å². The van der Waals surface area contributed by atoms with Crippen molar-refractivity contribution in [3.05, 3.63) is 0 Å². The minimum Gasteiger partial charge on any atom is -0.396 e. The summed E-state index contributed by atoms with van der Waals surface area (Å²) in [5.74, 6) is -0.155. The van der Waals surface area contributed by atoms with Crippen molar-refractivity contribution in [3.63, 3.8) is 0 Å². The number of nitrogens with one attached hydrogen (secondary N) is 1. The maximum absolute atomic E-state index is 12.0. The van der Waals surface area contributed by atoms with Crippen molar-refractivity contribution >= 4 is 24.2 Å². The van der Waals surface area contributed by atoms with Gasteiger partial charge in [0.2, 0.25) is 11.8 Å². The number of rotatable bonds is 4. The number of aliphatic hydroxyl groups excluding tert-OH is 1. The van der Waals surface area contributed by atoms with Crippen molar-refractivity contribution in [2.75, 3.05) is 40.3 Å². The van der Waals surface area contributed by atoms with Crippen LogP contribution in [0, 0.1) is 0 Å². The molecule has 0 spiro atoms. The molecule has 0 saturated carbocycles. The van der Waals surface area contributed by atoms with Gasteiger partial charge in [0.1, 0.15) is 6.04 Å². The van der Waals surface area contributed by atoms with Crippen LogP contribution in [0.15, 0.2) is 0 Å². The number of hydrogen-bond acceptors (Lipinski definition) is 4. The summed E-state index contributed by atoms with van der Waals surface area (Å²) in [7, 11) is 3.32. The molecule has 1 saturated heterocycles. The lowest BCUT2D eigenvalue weighted by Crippen LogP contribution is -2.50. The van der Waals surface area contributed by atoms with E-state index in [1.807, 2.05) is 0 Å². The summed E-state index contributed by atoms with van der Waals surface area (Å²) in [6.07, 6.45) is 0.700. The van der Waals surface area contributed by atoms with E-state index in [0.717, 1.165) is 0 Å². The highest BCUT2D eigenvalue weighted by Crippen LogP contribution is 2.10. The normalized spacial score (nSPS) is 17.7. The van der Waals surface area contributed by atoms with Gasteiger partial charge in [-0.25, -0.2) is 0 Å². The zero-order valence-corrected chi connectivity index (χ0v) is 11.7. The molecule has 7 heteroatoms. The van der Waals surface area contributed by atoms with Crippen LogP contribution in [0.3, 0.4) is 0 Å². The number of nitrogens with zero attached hydrogens (tertiary/aromatic N) is 2. The molecule has 0 unspecified atom stereocenters. The fraction of sp³-hybridized carbons (Fsp3) is 0.818. The summed E-state index contributed by atoms with van der Waals surface area (Å²) in [6.45, 7) is 1.76. The summed E-state index contributed by atoms with van der Waals surface area (Å²) in [5.41, 5.74) is 0. The van der Waals surface area contributed by atoms with Crippen LogP contribution in [0.1, 0.15) is 12.8 Å². The number of carbonyl (C=O) groups is 2. The quantitative estimate of drug-likeness (QED) is 0.697. The van der Waals surface area contributed by atoms with Gasteiger partial charge in [-0.2, -0.15) is 0 Å². The first-order chi connectivity index (χ1) is 8.07.